The van der Waals surface area contributed by atoms with Crippen LogP contribution in [0.4, 0.5) is 4.79 Å². The minimum atomic E-state index is -0.763. The Labute approximate surface area is 126 Å². The fraction of sp³-hybridized carbons (Fsp3) is 0.867. The van der Waals surface area contributed by atoms with Crippen LogP contribution < -0.4 is 5.32 Å². The van der Waals surface area contributed by atoms with Crippen molar-refractivity contribution in [3.63, 3.8) is 0 Å². The number of carboxylic acids is 1. The quantitative estimate of drug-likeness (QED) is 0.636. The standard InChI is InChI=1S/C15H28N2O4/c1-2-12(5-6-14(19)20)7-8-16-15(21)17-9-3-4-13(10-17)11-18/h12-13,18H,2-11H2,1H3,(H,16,21)(H,19,20). The number of carboxylic acid groups (broad SMARTS) is 1. The van der Waals surface area contributed by atoms with Gasteiger partial charge in [0.05, 0.1) is 0 Å². The average Bonchev–Trinajstić information content (AvgIpc) is 2.50. The number of piperidine rings is 1. The first-order valence-corrected chi connectivity index (χ1v) is 7.92. The Morgan fingerprint density at radius 3 is 2.76 bits per heavy atom. The molecule has 1 rings (SSSR count). The molecule has 21 heavy (non-hydrogen) atoms. The number of rotatable bonds is 8. The number of aliphatic hydroxyl groups excluding tert-OH is 1. The maximum atomic E-state index is 12.0. The van der Waals surface area contributed by atoms with Gasteiger partial charge < -0.3 is 20.4 Å². The number of aliphatic carboxylic acids is 1. The number of urea groups is 1. The van der Waals surface area contributed by atoms with Crippen LogP contribution in [0.15, 0.2) is 0 Å². The van der Waals surface area contributed by atoms with Gasteiger partial charge in [0.25, 0.3) is 0 Å². The Bertz CT molecular complexity index is 336. The van der Waals surface area contributed by atoms with Crippen molar-refractivity contribution in [2.75, 3.05) is 26.2 Å². The van der Waals surface area contributed by atoms with E-state index < -0.39 is 5.97 Å². The van der Waals surface area contributed by atoms with Crippen molar-refractivity contribution in [3.8, 4) is 0 Å². The predicted molar refractivity (Wildman–Crippen MR) is 80.0 cm³/mol. The van der Waals surface area contributed by atoms with E-state index in [9.17, 15) is 9.59 Å². The van der Waals surface area contributed by atoms with Crippen molar-refractivity contribution in [2.24, 2.45) is 11.8 Å². The molecule has 122 valence electrons. The third-order valence-electron chi connectivity index (χ3n) is 4.24. The van der Waals surface area contributed by atoms with Gasteiger partial charge in [-0.05, 0) is 37.5 Å². The number of likely N-dealkylation sites (tertiary alicyclic amines) is 1. The van der Waals surface area contributed by atoms with Crippen molar-refractivity contribution >= 4 is 12.0 Å². The Morgan fingerprint density at radius 1 is 1.38 bits per heavy atom. The van der Waals surface area contributed by atoms with Gasteiger partial charge in [0.15, 0.2) is 0 Å². The van der Waals surface area contributed by atoms with Gasteiger partial charge in [0.2, 0.25) is 0 Å². The molecular weight excluding hydrogens is 272 g/mol. The summed E-state index contributed by atoms with van der Waals surface area (Å²) in [5, 5.41) is 20.8. The molecule has 1 fully saturated rings. The fourth-order valence-corrected chi connectivity index (χ4v) is 2.77. The van der Waals surface area contributed by atoms with E-state index in [0.29, 0.717) is 25.4 Å². The first-order chi connectivity index (χ1) is 10.1. The molecule has 0 spiro atoms. The number of carbonyl (C=O) groups excluding carboxylic acids is 1. The van der Waals surface area contributed by atoms with Crippen LogP contribution in [0.3, 0.4) is 0 Å². The van der Waals surface area contributed by atoms with Crippen LogP contribution in [0.25, 0.3) is 0 Å². The number of nitrogens with one attached hydrogen (secondary N) is 1. The summed E-state index contributed by atoms with van der Waals surface area (Å²) in [5.74, 6) is -0.225. The lowest BCUT2D eigenvalue weighted by Gasteiger charge is -2.32. The molecule has 1 heterocycles. The third-order valence-corrected chi connectivity index (χ3v) is 4.24. The van der Waals surface area contributed by atoms with E-state index in [1.165, 1.54) is 0 Å². The number of carbonyl (C=O) groups is 2. The van der Waals surface area contributed by atoms with Gasteiger partial charge in [-0.25, -0.2) is 4.79 Å². The van der Waals surface area contributed by atoms with Gasteiger partial charge in [0.1, 0.15) is 0 Å². The lowest BCUT2D eigenvalue weighted by molar-refractivity contribution is -0.137. The fourth-order valence-electron chi connectivity index (χ4n) is 2.77. The van der Waals surface area contributed by atoms with E-state index in [1.807, 2.05) is 6.92 Å². The van der Waals surface area contributed by atoms with Crippen molar-refractivity contribution in [1.29, 1.82) is 0 Å². The largest absolute Gasteiger partial charge is 0.481 e. The highest BCUT2D eigenvalue weighted by molar-refractivity contribution is 5.74. The van der Waals surface area contributed by atoms with Crippen molar-refractivity contribution < 1.29 is 19.8 Å². The van der Waals surface area contributed by atoms with E-state index in [4.69, 9.17) is 10.2 Å². The van der Waals surface area contributed by atoms with Crippen molar-refractivity contribution in [3.05, 3.63) is 0 Å². The SMILES string of the molecule is CCC(CCNC(=O)N1CCCC(CO)C1)CCC(=O)O. The van der Waals surface area contributed by atoms with Gasteiger partial charge in [0, 0.05) is 32.7 Å². The molecule has 6 nitrogen and oxygen atoms in total. The summed E-state index contributed by atoms with van der Waals surface area (Å²) in [6, 6.07) is -0.0683. The van der Waals surface area contributed by atoms with Gasteiger partial charge in [-0.15, -0.1) is 0 Å². The van der Waals surface area contributed by atoms with E-state index in [-0.39, 0.29) is 25.0 Å². The first kappa shape index (κ1) is 17.8. The van der Waals surface area contributed by atoms with Crippen LogP contribution >= 0.6 is 0 Å². The van der Waals surface area contributed by atoms with Crippen LogP contribution in [0.1, 0.15) is 45.4 Å². The molecule has 0 aliphatic carbocycles. The highest BCUT2D eigenvalue weighted by Crippen LogP contribution is 2.17. The highest BCUT2D eigenvalue weighted by Gasteiger charge is 2.22. The van der Waals surface area contributed by atoms with E-state index in [2.05, 4.69) is 5.32 Å². The molecule has 0 saturated carbocycles. The van der Waals surface area contributed by atoms with Gasteiger partial charge in [-0.2, -0.15) is 0 Å². The summed E-state index contributed by atoms with van der Waals surface area (Å²) in [5.41, 5.74) is 0. The molecule has 0 bridgehead atoms. The molecular formula is C15H28N2O4. The van der Waals surface area contributed by atoms with E-state index in [0.717, 1.165) is 32.2 Å². The molecule has 2 atom stereocenters. The summed E-state index contributed by atoms with van der Waals surface area (Å²) in [4.78, 5) is 24.4. The molecule has 1 aliphatic rings. The molecule has 0 radical (unpaired) electrons. The monoisotopic (exact) mass is 300 g/mol. The average molecular weight is 300 g/mol. The lowest BCUT2D eigenvalue weighted by atomic mass is 9.96. The third kappa shape index (κ3) is 6.80. The first-order valence-electron chi connectivity index (χ1n) is 7.92. The zero-order chi connectivity index (χ0) is 15.7. The second-order valence-electron chi connectivity index (χ2n) is 5.86. The lowest BCUT2D eigenvalue weighted by Crippen LogP contribution is -2.46. The van der Waals surface area contributed by atoms with E-state index in [1.54, 1.807) is 4.90 Å². The summed E-state index contributed by atoms with van der Waals surface area (Å²) in [6.07, 6.45) is 4.52. The molecule has 2 unspecified atom stereocenters. The second-order valence-corrected chi connectivity index (χ2v) is 5.86. The summed E-state index contributed by atoms with van der Waals surface area (Å²) in [6.45, 7) is 4.13. The topological polar surface area (TPSA) is 89.9 Å². The van der Waals surface area contributed by atoms with Crippen LogP contribution in [0, 0.1) is 11.8 Å². The second kappa shape index (κ2) is 9.60. The minimum Gasteiger partial charge on any atom is -0.481 e. The molecule has 2 amide bonds. The van der Waals surface area contributed by atoms with Crippen LogP contribution in [-0.2, 0) is 4.79 Å². The zero-order valence-electron chi connectivity index (χ0n) is 12.9. The number of aliphatic hydroxyl groups is 1. The Morgan fingerprint density at radius 2 is 2.14 bits per heavy atom. The summed E-state index contributed by atoms with van der Waals surface area (Å²) >= 11 is 0. The Kier molecular flexibility index (Phi) is 8.12. The highest BCUT2D eigenvalue weighted by atomic mass is 16.4. The van der Waals surface area contributed by atoms with Crippen molar-refractivity contribution in [2.45, 2.75) is 45.4 Å². The Hall–Kier alpha value is -1.30. The number of hydrogen-bond acceptors (Lipinski definition) is 3. The molecule has 1 aliphatic heterocycles. The number of hydrogen-bond donors (Lipinski definition) is 3. The predicted octanol–water partition coefficient (Wildman–Crippen LogP) is 1.68. The molecule has 0 aromatic rings. The van der Waals surface area contributed by atoms with E-state index >= 15 is 0 Å². The maximum absolute atomic E-state index is 12.0. The summed E-state index contributed by atoms with van der Waals surface area (Å²) in [7, 11) is 0. The number of nitrogens with zero attached hydrogens (tertiary/aromatic N) is 1. The van der Waals surface area contributed by atoms with Crippen molar-refractivity contribution in [1.82, 2.24) is 10.2 Å². The Balaban J connectivity index is 2.23. The smallest absolute Gasteiger partial charge is 0.317 e. The molecule has 6 heteroatoms. The van der Waals surface area contributed by atoms with Gasteiger partial charge in [-0.1, -0.05) is 13.3 Å². The van der Waals surface area contributed by atoms with Crippen LogP contribution in [0.2, 0.25) is 0 Å². The normalized spacial score (nSPS) is 20.1. The molecule has 0 aromatic carbocycles. The van der Waals surface area contributed by atoms with Gasteiger partial charge in [-0.3, -0.25) is 4.79 Å². The minimum absolute atomic E-state index is 0.0683. The van der Waals surface area contributed by atoms with Gasteiger partial charge >= 0.3 is 12.0 Å². The summed E-state index contributed by atoms with van der Waals surface area (Å²) < 4.78 is 0. The van der Waals surface area contributed by atoms with Crippen LogP contribution in [-0.4, -0.2) is 53.4 Å². The number of amides is 2. The molecule has 3 N–H and O–H groups in total. The molecule has 0 aromatic heterocycles. The zero-order valence-corrected chi connectivity index (χ0v) is 12.9. The van der Waals surface area contributed by atoms with Crippen LogP contribution in [0.5, 0.6) is 0 Å². The molecule has 1 saturated heterocycles. The maximum Gasteiger partial charge on any atom is 0.317 e.